The molecule has 1 aliphatic heterocycles. The normalized spacial score (nSPS) is 17.9. The van der Waals surface area contributed by atoms with Gasteiger partial charge in [0.2, 0.25) is 0 Å². The lowest BCUT2D eigenvalue weighted by Crippen LogP contribution is -2.46. The predicted octanol–water partition coefficient (Wildman–Crippen LogP) is 5.18. The highest BCUT2D eigenvalue weighted by atomic mass is 15.4. The van der Waals surface area contributed by atoms with Gasteiger partial charge < -0.3 is 9.80 Å². The van der Waals surface area contributed by atoms with Crippen LogP contribution in [0.5, 0.6) is 0 Å². The van der Waals surface area contributed by atoms with E-state index in [1.807, 2.05) is 0 Å². The lowest BCUT2D eigenvalue weighted by molar-refractivity contribution is 0.152. The number of anilines is 1. The maximum absolute atomic E-state index is 2.45. The van der Waals surface area contributed by atoms with Crippen LogP contribution < -0.4 is 4.90 Å². The van der Waals surface area contributed by atoms with E-state index in [-0.39, 0.29) is 11.7 Å². The Kier molecular flexibility index (Phi) is 3.93. The van der Waals surface area contributed by atoms with Crippen LogP contribution in [0.15, 0.2) is 60.9 Å². The van der Waals surface area contributed by atoms with Crippen molar-refractivity contribution in [2.75, 3.05) is 4.90 Å². The molecule has 0 spiro atoms. The van der Waals surface area contributed by atoms with Gasteiger partial charge in [-0.3, -0.25) is 0 Å². The number of nitrogens with zero attached hydrogens (tertiary/aromatic N) is 2. The summed E-state index contributed by atoms with van der Waals surface area (Å²) >= 11 is 0. The Morgan fingerprint density at radius 1 is 0.826 bits per heavy atom. The molecule has 0 fully saturated rings. The summed E-state index contributed by atoms with van der Waals surface area (Å²) in [6.45, 7) is 11.2. The molecule has 23 heavy (non-hydrogen) atoms. The smallest absolute Gasteiger partial charge is 0.103 e. The fraction of sp³-hybridized carbons (Fsp3) is 0.333. The zero-order valence-corrected chi connectivity index (χ0v) is 14.7. The highest BCUT2D eigenvalue weighted by Crippen LogP contribution is 2.37. The Bertz CT molecular complexity index is 730. The van der Waals surface area contributed by atoms with E-state index in [4.69, 9.17) is 0 Å². The summed E-state index contributed by atoms with van der Waals surface area (Å²) in [4.78, 5) is 4.80. The average Bonchev–Trinajstić information content (AvgIpc) is 2.90. The van der Waals surface area contributed by atoms with Crippen molar-refractivity contribution in [2.24, 2.45) is 0 Å². The number of benzene rings is 2. The highest BCUT2D eigenvalue weighted by molar-refractivity contribution is 5.57. The van der Waals surface area contributed by atoms with Crippen LogP contribution in [0.25, 0.3) is 0 Å². The molecule has 0 aliphatic carbocycles. The van der Waals surface area contributed by atoms with Crippen LogP contribution in [0.2, 0.25) is 0 Å². The van der Waals surface area contributed by atoms with Crippen LogP contribution in [0, 0.1) is 13.8 Å². The lowest BCUT2D eigenvalue weighted by atomic mass is 9.88. The van der Waals surface area contributed by atoms with Crippen molar-refractivity contribution in [3.8, 4) is 0 Å². The van der Waals surface area contributed by atoms with E-state index in [1.54, 1.807) is 0 Å². The Hall–Kier alpha value is -2.22. The molecule has 2 aromatic carbocycles. The van der Waals surface area contributed by atoms with Crippen molar-refractivity contribution in [2.45, 2.75) is 46.3 Å². The summed E-state index contributed by atoms with van der Waals surface area (Å²) in [7, 11) is 0. The second-order valence-electron chi connectivity index (χ2n) is 6.90. The van der Waals surface area contributed by atoms with Crippen molar-refractivity contribution in [3.05, 3.63) is 77.6 Å². The Labute approximate surface area is 140 Å². The third-order valence-corrected chi connectivity index (χ3v) is 5.04. The second-order valence-corrected chi connectivity index (χ2v) is 6.90. The third kappa shape index (κ3) is 2.63. The van der Waals surface area contributed by atoms with E-state index in [0.29, 0.717) is 0 Å². The second kappa shape index (κ2) is 5.77. The summed E-state index contributed by atoms with van der Waals surface area (Å²) in [5.41, 5.74) is 5.24. The van der Waals surface area contributed by atoms with E-state index in [1.165, 1.54) is 22.4 Å². The Morgan fingerprint density at radius 2 is 1.43 bits per heavy atom. The zero-order valence-electron chi connectivity index (χ0n) is 14.7. The minimum absolute atomic E-state index is 0.0569. The number of rotatable bonds is 3. The van der Waals surface area contributed by atoms with E-state index in [0.717, 1.165) is 0 Å². The maximum atomic E-state index is 2.45. The molecule has 2 nitrogen and oxygen atoms in total. The van der Waals surface area contributed by atoms with E-state index in [9.17, 15) is 0 Å². The molecule has 0 radical (unpaired) electrons. The zero-order chi connectivity index (χ0) is 16.6. The van der Waals surface area contributed by atoms with Gasteiger partial charge in [-0.1, -0.05) is 42.5 Å². The fourth-order valence-corrected chi connectivity index (χ4v) is 3.71. The molecule has 0 bridgehead atoms. The van der Waals surface area contributed by atoms with Crippen molar-refractivity contribution in [3.63, 3.8) is 0 Å². The molecule has 3 rings (SSSR count). The van der Waals surface area contributed by atoms with Crippen LogP contribution in [-0.4, -0.2) is 11.1 Å². The summed E-state index contributed by atoms with van der Waals surface area (Å²) in [5.74, 6) is 0. The van der Waals surface area contributed by atoms with E-state index < -0.39 is 0 Å². The molecule has 1 atom stereocenters. The molecule has 0 unspecified atom stereocenters. The van der Waals surface area contributed by atoms with Gasteiger partial charge in [0, 0.05) is 18.1 Å². The van der Waals surface area contributed by atoms with Crippen LogP contribution in [0.3, 0.4) is 0 Å². The number of aryl methyl sites for hydroxylation is 2. The SMILES string of the molecule is Cc1ccccc1N1C=CN(C(C)(C)c2ccccc2C)[C@@H]1C. The van der Waals surface area contributed by atoms with Crippen molar-refractivity contribution < 1.29 is 0 Å². The molecule has 0 saturated heterocycles. The molecule has 2 heteroatoms. The van der Waals surface area contributed by atoms with Gasteiger partial charge in [-0.2, -0.15) is 0 Å². The van der Waals surface area contributed by atoms with E-state index >= 15 is 0 Å². The molecule has 1 heterocycles. The molecule has 2 aromatic rings. The van der Waals surface area contributed by atoms with Crippen LogP contribution in [0.4, 0.5) is 5.69 Å². The fourth-order valence-electron chi connectivity index (χ4n) is 3.71. The minimum atomic E-state index is -0.0569. The van der Waals surface area contributed by atoms with Gasteiger partial charge in [0.25, 0.3) is 0 Å². The van der Waals surface area contributed by atoms with Gasteiger partial charge in [0.05, 0.1) is 5.54 Å². The summed E-state index contributed by atoms with van der Waals surface area (Å²) < 4.78 is 0. The van der Waals surface area contributed by atoms with Gasteiger partial charge in [0.15, 0.2) is 0 Å². The van der Waals surface area contributed by atoms with Gasteiger partial charge in [-0.25, -0.2) is 0 Å². The molecule has 1 aliphatic rings. The highest BCUT2D eigenvalue weighted by Gasteiger charge is 2.36. The van der Waals surface area contributed by atoms with Crippen LogP contribution in [-0.2, 0) is 5.54 Å². The van der Waals surface area contributed by atoms with Gasteiger partial charge in [-0.05, 0) is 57.4 Å². The molecule has 120 valence electrons. The molecule has 0 N–H and O–H groups in total. The van der Waals surface area contributed by atoms with Gasteiger partial charge >= 0.3 is 0 Å². The number of para-hydroxylation sites is 1. The van der Waals surface area contributed by atoms with Crippen LogP contribution in [0.1, 0.15) is 37.5 Å². The first-order chi connectivity index (χ1) is 10.9. The topological polar surface area (TPSA) is 6.48 Å². The largest absolute Gasteiger partial charge is 0.347 e. The summed E-state index contributed by atoms with van der Waals surface area (Å²) in [6, 6.07) is 17.3. The summed E-state index contributed by atoms with van der Waals surface area (Å²) in [5, 5.41) is 0. The molecular formula is C21H26N2. The Morgan fingerprint density at radius 3 is 2.09 bits per heavy atom. The standard InChI is InChI=1S/C21H26N2/c1-16-10-6-8-12-19(16)21(4,5)23-15-14-22(18(23)3)20-13-9-7-11-17(20)2/h6-15,18H,1-5H3/t18-/m1/s1. The molecule has 0 aromatic heterocycles. The third-order valence-electron chi connectivity index (χ3n) is 5.04. The van der Waals surface area contributed by atoms with Gasteiger partial charge in [-0.15, -0.1) is 0 Å². The first-order valence-electron chi connectivity index (χ1n) is 8.30. The van der Waals surface area contributed by atoms with Crippen LogP contribution >= 0.6 is 0 Å². The monoisotopic (exact) mass is 306 g/mol. The molecule has 0 amide bonds. The summed E-state index contributed by atoms with van der Waals surface area (Å²) in [6.07, 6.45) is 4.71. The molecular weight excluding hydrogens is 280 g/mol. The Balaban J connectivity index is 1.93. The van der Waals surface area contributed by atoms with E-state index in [2.05, 4.69) is 105 Å². The first kappa shape index (κ1) is 15.7. The number of hydrogen-bond donors (Lipinski definition) is 0. The van der Waals surface area contributed by atoms with Crippen molar-refractivity contribution >= 4 is 5.69 Å². The van der Waals surface area contributed by atoms with Crippen molar-refractivity contribution in [1.82, 2.24) is 4.90 Å². The quantitative estimate of drug-likeness (QED) is 0.771. The van der Waals surface area contributed by atoms with Crippen molar-refractivity contribution in [1.29, 1.82) is 0 Å². The minimum Gasteiger partial charge on any atom is -0.347 e. The average molecular weight is 306 g/mol. The molecule has 0 saturated carbocycles. The maximum Gasteiger partial charge on any atom is 0.103 e. The van der Waals surface area contributed by atoms with Gasteiger partial charge in [0.1, 0.15) is 6.17 Å². The first-order valence-corrected chi connectivity index (χ1v) is 8.30. The number of hydrogen-bond acceptors (Lipinski definition) is 2. The predicted molar refractivity (Wildman–Crippen MR) is 98.3 cm³/mol. The lowest BCUT2D eigenvalue weighted by Gasteiger charge is -2.42.